The summed E-state index contributed by atoms with van der Waals surface area (Å²) >= 11 is 0. The molecule has 0 atom stereocenters. The van der Waals surface area contributed by atoms with Crippen LogP contribution in [0.25, 0.3) is 0 Å². The van der Waals surface area contributed by atoms with E-state index in [0.717, 1.165) is 23.6 Å². The molecule has 0 bridgehead atoms. The number of nitrogens with zero attached hydrogens (tertiary/aromatic N) is 2. The number of nitrogens with two attached hydrogens (primary N) is 1. The summed E-state index contributed by atoms with van der Waals surface area (Å²) in [5, 5.41) is 3.47. The summed E-state index contributed by atoms with van der Waals surface area (Å²) < 4.78 is 0. The second-order valence-corrected chi connectivity index (χ2v) is 5.61. The summed E-state index contributed by atoms with van der Waals surface area (Å²) in [6.07, 6.45) is 6.92. The van der Waals surface area contributed by atoms with Gasteiger partial charge in [0, 0.05) is 12.1 Å². The summed E-state index contributed by atoms with van der Waals surface area (Å²) in [5.74, 6) is 0.926. The zero-order valence-electron chi connectivity index (χ0n) is 11.7. The van der Waals surface area contributed by atoms with Crippen molar-refractivity contribution in [2.45, 2.75) is 38.1 Å². The van der Waals surface area contributed by atoms with E-state index in [1.54, 1.807) is 6.20 Å². The zero-order valence-corrected chi connectivity index (χ0v) is 11.7. The van der Waals surface area contributed by atoms with E-state index in [2.05, 4.69) is 29.3 Å². The van der Waals surface area contributed by atoms with E-state index < -0.39 is 0 Å². The molecule has 100 valence electrons. The van der Waals surface area contributed by atoms with Crippen molar-refractivity contribution in [2.24, 2.45) is 0 Å². The van der Waals surface area contributed by atoms with Crippen molar-refractivity contribution < 1.29 is 0 Å². The monoisotopic (exact) mass is 248 g/mol. The second kappa shape index (κ2) is 5.14. The topological polar surface area (TPSA) is 54.2 Å². The third-order valence-corrected chi connectivity index (χ3v) is 4.23. The molecule has 4 heteroatoms. The number of likely N-dealkylation sites (N-methyl/N-ethyl adjacent to an activating group) is 1. The smallest absolute Gasteiger partial charge is 0.126 e. The molecule has 0 spiro atoms. The van der Waals surface area contributed by atoms with Crippen LogP contribution in [0.1, 0.15) is 31.2 Å². The van der Waals surface area contributed by atoms with Crippen LogP contribution in [0.3, 0.4) is 0 Å². The van der Waals surface area contributed by atoms with Gasteiger partial charge in [0.1, 0.15) is 5.82 Å². The van der Waals surface area contributed by atoms with E-state index in [0.29, 0.717) is 0 Å². The van der Waals surface area contributed by atoms with E-state index in [1.807, 2.05) is 13.0 Å². The van der Waals surface area contributed by atoms with Gasteiger partial charge in [-0.25, -0.2) is 4.98 Å². The van der Waals surface area contributed by atoms with Gasteiger partial charge in [-0.2, -0.15) is 0 Å². The Balaban J connectivity index is 2.03. The molecule has 0 aliphatic heterocycles. The van der Waals surface area contributed by atoms with Crippen molar-refractivity contribution in [1.82, 2.24) is 9.88 Å². The quantitative estimate of drug-likeness (QED) is 0.858. The molecule has 2 rings (SSSR count). The minimum absolute atomic E-state index is 0.289. The van der Waals surface area contributed by atoms with Crippen LogP contribution in [0.4, 0.5) is 11.5 Å². The van der Waals surface area contributed by atoms with Crippen molar-refractivity contribution in [3.8, 4) is 0 Å². The molecule has 1 aromatic rings. The van der Waals surface area contributed by atoms with Gasteiger partial charge >= 0.3 is 0 Å². The van der Waals surface area contributed by atoms with Crippen molar-refractivity contribution in [3.05, 3.63) is 17.8 Å². The second-order valence-electron chi connectivity index (χ2n) is 5.61. The lowest BCUT2D eigenvalue weighted by Crippen LogP contribution is -2.47. The molecule has 1 aliphatic rings. The lowest BCUT2D eigenvalue weighted by Gasteiger charge is -2.36. The first-order valence-electron chi connectivity index (χ1n) is 6.67. The maximum absolute atomic E-state index is 5.78. The van der Waals surface area contributed by atoms with Gasteiger partial charge in [-0.05, 0) is 45.5 Å². The Morgan fingerprint density at radius 1 is 1.39 bits per heavy atom. The van der Waals surface area contributed by atoms with Gasteiger partial charge in [-0.15, -0.1) is 0 Å². The lowest BCUT2D eigenvalue weighted by atomic mass is 9.96. The van der Waals surface area contributed by atoms with Crippen molar-refractivity contribution in [2.75, 3.05) is 31.7 Å². The number of aromatic nitrogens is 1. The first-order chi connectivity index (χ1) is 8.53. The Hall–Kier alpha value is -1.29. The molecule has 18 heavy (non-hydrogen) atoms. The molecule has 1 saturated carbocycles. The number of pyridine rings is 1. The molecule has 0 amide bonds. The van der Waals surface area contributed by atoms with Crippen LogP contribution in [-0.2, 0) is 0 Å². The van der Waals surface area contributed by atoms with Crippen LogP contribution in [-0.4, -0.2) is 36.1 Å². The normalized spacial score (nSPS) is 18.2. The predicted molar refractivity (Wildman–Crippen MR) is 76.8 cm³/mol. The zero-order chi connectivity index (χ0) is 13.2. The maximum atomic E-state index is 5.78. The summed E-state index contributed by atoms with van der Waals surface area (Å²) in [7, 11) is 4.35. The summed E-state index contributed by atoms with van der Waals surface area (Å²) in [6.45, 7) is 2.97. The fraction of sp³-hybridized carbons (Fsp3) is 0.643. The Labute approximate surface area is 110 Å². The molecular weight excluding hydrogens is 224 g/mol. The van der Waals surface area contributed by atoms with Crippen LogP contribution in [0.2, 0.25) is 0 Å². The molecule has 0 radical (unpaired) electrons. The third kappa shape index (κ3) is 2.58. The molecule has 3 N–H and O–H groups in total. The van der Waals surface area contributed by atoms with Crippen molar-refractivity contribution in [1.29, 1.82) is 0 Å². The molecule has 1 fully saturated rings. The van der Waals surface area contributed by atoms with E-state index in [4.69, 9.17) is 5.73 Å². The molecule has 0 saturated heterocycles. The average molecular weight is 248 g/mol. The summed E-state index contributed by atoms with van der Waals surface area (Å²) in [5.41, 5.74) is 7.91. The highest BCUT2D eigenvalue weighted by atomic mass is 15.2. The number of aryl methyl sites for hydroxylation is 1. The Morgan fingerprint density at radius 3 is 2.61 bits per heavy atom. The first-order valence-corrected chi connectivity index (χ1v) is 6.67. The van der Waals surface area contributed by atoms with Gasteiger partial charge < -0.3 is 16.0 Å². The van der Waals surface area contributed by atoms with Crippen LogP contribution in [0, 0.1) is 6.92 Å². The summed E-state index contributed by atoms with van der Waals surface area (Å²) in [4.78, 5) is 6.69. The number of nitrogens with one attached hydrogen (secondary N) is 1. The molecule has 1 heterocycles. The summed E-state index contributed by atoms with van der Waals surface area (Å²) in [6, 6.07) is 2.02. The lowest BCUT2D eigenvalue weighted by molar-refractivity contribution is 0.172. The number of hydrogen-bond donors (Lipinski definition) is 2. The Morgan fingerprint density at radius 2 is 2.06 bits per heavy atom. The van der Waals surface area contributed by atoms with Gasteiger partial charge in [0.25, 0.3) is 0 Å². The molecule has 1 aromatic heterocycles. The highest BCUT2D eigenvalue weighted by Crippen LogP contribution is 2.33. The minimum atomic E-state index is 0.289. The maximum Gasteiger partial charge on any atom is 0.126 e. The number of rotatable bonds is 4. The van der Waals surface area contributed by atoms with Crippen molar-refractivity contribution >= 4 is 11.5 Å². The number of hydrogen-bond acceptors (Lipinski definition) is 4. The number of anilines is 2. The molecule has 0 unspecified atom stereocenters. The molecular formula is C14H24N4. The van der Waals surface area contributed by atoms with Gasteiger partial charge in [0.2, 0.25) is 0 Å². The number of nitrogen functional groups attached to an aromatic ring is 1. The molecule has 4 nitrogen and oxygen atoms in total. The molecule has 1 aliphatic carbocycles. The van der Waals surface area contributed by atoms with Crippen LogP contribution in [0.15, 0.2) is 12.3 Å². The highest BCUT2D eigenvalue weighted by Gasteiger charge is 2.35. The third-order valence-electron chi connectivity index (χ3n) is 4.23. The minimum Gasteiger partial charge on any atom is -0.397 e. The van der Waals surface area contributed by atoms with E-state index in [-0.39, 0.29) is 5.54 Å². The van der Waals surface area contributed by atoms with E-state index in [1.165, 1.54) is 25.7 Å². The van der Waals surface area contributed by atoms with Crippen LogP contribution >= 0.6 is 0 Å². The standard InChI is InChI=1S/C14H24N4/c1-11-8-13(16-9-12(11)15)17-10-14(18(2)3)6-4-5-7-14/h8-9H,4-7,10,15H2,1-3H3,(H,16,17). The largest absolute Gasteiger partial charge is 0.397 e. The first kappa shape index (κ1) is 13.1. The molecule has 0 aromatic carbocycles. The Bertz CT molecular complexity index is 408. The van der Waals surface area contributed by atoms with E-state index in [9.17, 15) is 0 Å². The predicted octanol–water partition coefficient (Wildman–Crippen LogP) is 2.26. The SMILES string of the molecule is Cc1cc(NCC2(N(C)C)CCCC2)ncc1N. The van der Waals surface area contributed by atoms with Crippen LogP contribution in [0.5, 0.6) is 0 Å². The van der Waals surface area contributed by atoms with Gasteiger partial charge in [-0.3, -0.25) is 0 Å². The fourth-order valence-electron chi connectivity index (χ4n) is 2.73. The average Bonchev–Trinajstić information content (AvgIpc) is 2.81. The van der Waals surface area contributed by atoms with Gasteiger partial charge in [0.05, 0.1) is 11.9 Å². The Kier molecular flexibility index (Phi) is 3.76. The van der Waals surface area contributed by atoms with Gasteiger partial charge in [0.15, 0.2) is 0 Å². The highest BCUT2D eigenvalue weighted by molar-refractivity contribution is 5.51. The fourth-order valence-corrected chi connectivity index (χ4v) is 2.73. The van der Waals surface area contributed by atoms with Crippen LogP contribution < -0.4 is 11.1 Å². The van der Waals surface area contributed by atoms with Gasteiger partial charge in [-0.1, -0.05) is 12.8 Å². The van der Waals surface area contributed by atoms with E-state index >= 15 is 0 Å². The van der Waals surface area contributed by atoms with Crippen molar-refractivity contribution in [3.63, 3.8) is 0 Å².